The molecule has 2 saturated heterocycles. The van der Waals surface area contributed by atoms with E-state index in [1.54, 1.807) is 18.3 Å². The van der Waals surface area contributed by atoms with E-state index in [1.807, 2.05) is 0 Å². The first-order chi connectivity index (χ1) is 13.3. The first kappa shape index (κ1) is 18.1. The molecular weight excluding hydrogens is 418 g/mol. The van der Waals surface area contributed by atoms with Crippen molar-refractivity contribution in [1.82, 2.24) is 15.0 Å². The molecule has 27 heavy (non-hydrogen) atoms. The Morgan fingerprint density at radius 3 is 2.04 bits per heavy atom. The van der Waals surface area contributed by atoms with Crippen molar-refractivity contribution < 1.29 is 13.9 Å². The second kappa shape index (κ2) is 8.63. The van der Waals surface area contributed by atoms with Crippen LogP contribution in [0.3, 0.4) is 0 Å². The SMILES string of the molecule is Brc1ccc(C=NNc2nc(N3CCOCC3)nc(N3CCOCC3)n2)o1. The van der Waals surface area contributed by atoms with E-state index in [-0.39, 0.29) is 0 Å². The number of hydrogen-bond acceptors (Lipinski definition) is 10. The molecule has 0 amide bonds. The molecule has 10 nitrogen and oxygen atoms in total. The number of ether oxygens (including phenoxy) is 2. The molecule has 0 bridgehead atoms. The Morgan fingerprint density at radius 1 is 0.926 bits per heavy atom. The highest BCUT2D eigenvalue weighted by atomic mass is 79.9. The maximum atomic E-state index is 5.42. The van der Waals surface area contributed by atoms with E-state index in [0.29, 0.717) is 54.7 Å². The number of nitrogens with zero attached hydrogens (tertiary/aromatic N) is 6. The smallest absolute Gasteiger partial charge is 0.250 e. The summed E-state index contributed by atoms with van der Waals surface area (Å²) in [6.45, 7) is 5.62. The summed E-state index contributed by atoms with van der Waals surface area (Å²) in [7, 11) is 0. The van der Waals surface area contributed by atoms with Gasteiger partial charge in [-0.1, -0.05) is 0 Å². The number of hydrazone groups is 1. The summed E-state index contributed by atoms with van der Waals surface area (Å²) in [5.41, 5.74) is 2.88. The van der Waals surface area contributed by atoms with Crippen LogP contribution in [0, 0.1) is 0 Å². The Morgan fingerprint density at radius 2 is 1.52 bits per heavy atom. The average molecular weight is 438 g/mol. The van der Waals surface area contributed by atoms with Gasteiger partial charge in [0.05, 0.1) is 32.6 Å². The lowest BCUT2D eigenvalue weighted by molar-refractivity contribution is 0.121. The number of morpholine rings is 2. The van der Waals surface area contributed by atoms with Crippen LogP contribution in [0.15, 0.2) is 26.3 Å². The van der Waals surface area contributed by atoms with Crippen molar-refractivity contribution in [2.45, 2.75) is 0 Å². The standard InChI is InChI=1S/C16H20BrN7O3/c17-13-2-1-12(27-13)11-18-22-14-19-15(23-3-7-25-8-4-23)21-16(20-14)24-5-9-26-10-6-24/h1-2,11H,3-10H2,(H,19,20,21,22). The highest BCUT2D eigenvalue weighted by Crippen LogP contribution is 2.19. The number of anilines is 3. The fourth-order valence-corrected chi connectivity index (χ4v) is 3.08. The highest BCUT2D eigenvalue weighted by Gasteiger charge is 2.20. The van der Waals surface area contributed by atoms with Gasteiger partial charge in [-0.2, -0.15) is 20.1 Å². The molecule has 2 fully saturated rings. The number of aromatic nitrogens is 3. The first-order valence-electron chi connectivity index (χ1n) is 8.74. The van der Waals surface area contributed by atoms with Gasteiger partial charge in [-0.05, 0) is 28.1 Å². The molecule has 1 N–H and O–H groups in total. The average Bonchev–Trinajstić information content (AvgIpc) is 3.14. The van der Waals surface area contributed by atoms with E-state index in [1.165, 1.54) is 0 Å². The Hall–Kier alpha value is -2.24. The van der Waals surface area contributed by atoms with Gasteiger partial charge in [0.15, 0.2) is 4.67 Å². The van der Waals surface area contributed by atoms with Crippen LogP contribution < -0.4 is 15.2 Å². The molecule has 0 saturated carbocycles. The minimum atomic E-state index is 0.384. The lowest BCUT2D eigenvalue weighted by atomic mass is 10.4. The van der Waals surface area contributed by atoms with Crippen LogP contribution in [0.4, 0.5) is 17.8 Å². The van der Waals surface area contributed by atoms with Crippen LogP contribution in [-0.4, -0.2) is 73.8 Å². The molecule has 144 valence electrons. The molecule has 4 rings (SSSR count). The van der Waals surface area contributed by atoms with Gasteiger partial charge in [0.2, 0.25) is 17.8 Å². The number of nitrogens with one attached hydrogen (secondary N) is 1. The molecule has 11 heteroatoms. The lowest BCUT2D eigenvalue weighted by Crippen LogP contribution is -2.40. The molecule has 0 radical (unpaired) electrons. The van der Waals surface area contributed by atoms with E-state index in [2.05, 4.69) is 51.2 Å². The number of furan rings is 1. The van der Waals surface area contributed by atoms with Crippen LogP contribution in [0.2, 0.25) is 0 Å². The monoisotopic (exact) mass is 437 g/mol. The minimum Gasteiger partial charge on any atom is -0.448 e. The van der Waals surface area contributed by atoms with Crippen LogP contribution in [0.25, 0.3) is 0 Å². The molecule has 2 aromatic heterocycles. The second-order valence-corrected chi connectivity index (χ2v) is 6.75. The molecular formula is C16H20BrN7O3. The Labute approximate surface area is 164 Å². The van der Waals surface area contributed by atoms with E-state index in [9.17, 15) is 0 Å². The molecule has 0 atom stereocenters. The van der Waals surface area contributed by atoms with Gasteiger partial charge >= 0.3 is 0 Å². The van der Waals surface area contributed by atoms with Crippen molar-refractivity contribution in [2.75, 3.05) is 67.8 Å². The first-order valence-corrected chi connectivity index (χ1v) is 9.53. The van der Waals surface area contributed by atoms with E-state index < -0.39 is 0 Å². The fourth-order valence-electron chi connectivity index (χ4n) is 2.76. The van der Waals surface area contributed by atoms with Crippen LogP contribution in [0.1, 0.15) is 5.76 Å². The Kier molecular flexibility index (Phi) is 5.80. The molecule has 0 aliphatic carbocycles. The maximum Gasteiger partial charge on any atom is 0.250 e. The molecule has 0 unspecified atom stereocenters. The fraction of sp³-hybridized carbons (Fsp3) is 0.500. The van der Waals surface area contributed by atoms with Gasteiger partial charge in [0.1, 0.15) is 5.76 Å². The molecule has 4 heterocycles. The summed E-state index contributed by atoms with van der Waals surface area (Å²) in [6.07, 6.45) is 1.57. The van der Waals surface area contributed by atoms with Crippen molar-refractivity contribution in [3.8, 4) is 0 Å². The molecule has 0 aromatic carbocycles. The van der Waals surface area contributed by atoms with Gasteiger partial charge in [-0.15, -0.1) is 0 Å². The lowest BCUT2D eigenvalue weighted by Gasteiger charge is -2.30. The van der Waals surface area contributed by atoms with Gasteiger partial charge in [0, 0.05) is 26.2 Å². The topological polar surface area (TPSA) is 101 Å². The van der Waals surface area contributed by atoms with Crippen LogP contribution in [-0.2, 0) is 9.47 Å². The Balaban J connectivity index is 1.55. The van der Waals surface area contributed by atoms with E-state index >= 15 is 0 Å². The summed E-state index contributed by atoms with van der Waals surface area (Å²) < 4.78 is 16.9. The summed E-state index contributed by atoms with van der Waals surface area (Å²) in [5.74, 6) is 2.24. The zero-order valence-corrected chi connectivity index (χ0v) is 16.3. The quantitative estimate of drug-likeness (QED) is 0.548. The van der Waals surface area contributed by atoms with Gasteiger partial charge < -0.3 is 23.7 Å². The van der Waals surface area contributed by atoms with E-state index in [4.69, 9.17) is 13.9 Å². The summed E-state index contributed by atoms with van der Waals surface area (Å²) in [6, 6.07) is 3.61. The second-order valence-electron chi connectivity index (χ2n) is 5.97. The molecule has 2 aromatic rings. The van der Waals surface area contributed by atoms with E-state index in [0.717, 1.165) is 26.2 Å². The van der Waals surface area contributed by atoms with Crippen molar-refractivity contribution >= 4 is 40.0 Å². The predicted molar refractivity (Wildman–Crippen MR) is 104 cm³/mol. The third-order valence-electron chi connectivity index (χ3n) is 4.15. The van der Waals surface area contributed by atoms with Gasteiger partial charge in [-0.25, -0.2) is 5.43 Å². The zero-order valence-electron chi connectivity index (χ0n) is 14.7. The zero-order chi connectivity index (χ0) is 18.5. The maximum absolute atomic E-state index is 5.42. The number of hydrogen-bond donors (Lipinski definition) is 1. The normalized spacial score (nSPS) is 18.3. The van der Waals surface area contributed by atoms with Crippen molar-refractivity contribution in [1.29, 1.82) is 0 Å². The molecule has 2 aliphatic heterocycles. The third-order valence-corrected chi connectivity index (χ3v) is 4.58. The Bertz CT molecular complexity index is 752. The molecule has 0 spiro atoms. The minimum absolute atomic E-state index is 0.384. The van der Waals surface area contributed by atoms with Crippen LogP contribution >= 0.6 is 15.9 Å². The van der Waals surface area contributed by atoms with Crippen LogP contribution in [0.5, 0.6) is 0 Å². The summed E-state index contributed by atoms with van der Waals surface area (Å²) >= 11 is 3.26. The van der Waals surface area contributed by atoms with Crippen molar-refractivity contribution in [2.24, 2.45) is 5.10 Å². The number of halogens is 1. The van der Waals surface area contributed by atoms with Crippen molar-refractivity contribution in [3.63, 3.8) is 0 Å². The third kappa shape index (κ3) is 4.73. The van der Waals surface area contributed by atoms with Gasteiger partial charge in [-0.3, -0.25) is 0 Å². The summed E-state index contributed by atoms with van der Waals surface area (Å²) in [4.78, 5) is 17.9. The highest BCUT2D eigenvalue weighted by molar-refractivity contribution is 9.10. The number of rotatable bonds is 5. The van der Waals surface area contributed by atoms with Gasteiger partial charge in [0.25, 0.3) is 0 Å². The summed E-state index contributed by atoms with van der Waals surface area (Å²) in [5, 5.41) is 4.17. The largest absolute Gasteiger partial charge is 0.448 e. The molecule has 2 aliphatic rings. The van der Waals surface area contributed by atoms with Crippen molar-refractivity contribution in [3.05, 3.63) is 22.6 Å². The predicted octanol–water partition coefficient (Wildman–Crippen LogP) is 1.35.